The summed E-state index contributed by atoms with van der Waals surface area (Å²) >= 11 is 0. The number of imide groups is 1. The molecule has 1 aliphatic heterocycles. The number of ether oxygens (including phenoxy) is 1. The van der Waals surface area contributed by atoms with Crippen molar-refractivity contribution in [1.29, 1.82) is 0 Å². The van der Waals surface area contributed by atoms with Crippen molar-refractivity contribution in [2.45, 2.75) is 27.7 Å². The first kappa shape index (κ1) is 21.4. The van der Waals surface area contributed by atoms with Crippen LogP contribution in [0.4, 0.5) is 11.4 Å². The predicted molar refractivity (Wildman–Crippen MR) is 128 cm³/mol. The molecule has 0 saturated carbocycles. The molecule has 0 aliphatic carbocycles. The predicted octanol–water partition coefficient (Wildman–Crippen LogP) is 5.41. The van der Waals surface area contributed by atoms with Crippen molar-refractivity contribution in [2.24, 2.45) is 0 Å². The Hall–Kier alpha value is -3.86. The molecule has 5 heteroatoms. The largest absolute Gasteiger partial charge is 0.494 e. The number of benzene rings is 3. The third-order valence-corrected chi connectivity index (χ3v) is 5.44. The van der Waals surface area contributed by atoms with Gasteiger partial charge in [-0.05, 0) is 62.6 Å². The zero-order valence-electron chi connectivity index (χ0n) is 18.7. The van der Waals surface area contributed by atoms with Crippen molar-refractivity contribution in [2.75, 3.05) is 16.8 Å². The van der Waals surface area contributed by atoms with Crippen LogP contribution in [0.3, 0.4) is 0 Å². The molecule has 0 unspecified atom stereocenters. The smallest absolute Gasteiger partial charge is 0.282 e. The Labute approximate surface area is 188 Å². The van der Waals surface area contributed by atoms with Crippen LogP contribution in [0.15, 0.2) is 72.4 Å². The summed E-state index contributed by atoms with van der Waals surface area (Å²) in [5.41, 5.74) is 5.52. The summed E-state index contributed by atoms with van der Waals surface area (Å²) in [5, 5.41) is 3.20. The van der Waals surface area contributed by atoms with Gasteiger partial charge in [0.2, 0.25) is 0 Å². The first-order valence-electron chi connectivity index (χ1n) is 10.7. The van der Waals surface area contributed by atoms with Crippen LogP contribution >= 0.6 is 0 Å². The third-order valence-electron chi connectivity index (χ3n) is 5.44. The van der Waals surface area contributed by atoms with Crippen molar-refractivity contribution < 1.29 is 14.3 Å². The lowest BCUT2D eigenvalue weighted by Crippen LogP contribution is -2.33. The molecule has 32 heavy (non-hydrogen) atoms. The Morgan fingerprint density at radius 3 is 2.28 bits per heavy atom. The SMILES string of the molecule is CCOc1cccc(NC2=C(c3ccc(C)cc3)C(=O)N(c3cc(C)ccc3C)C2=O)c1. The molecule has 162 valence electrons. The van der Waals surface area contributed by atoms with Crippen molar-refractivity contribution in [3.05, 3.63) is 94.7 Å². The topological polar surface area (TPSA) is 58.6 Å². The van der Waals surface area contributed by atoms with Crippen LogP contribution < -0.4 is 15.0 Å². The van der Waals surface area contributed by atoms with E-state index in [0.717, 1.165) is 16.7 Å². The van der Waals surface area contributed by atoms with E-state index < -0.39 is 0 Å². The van der Waals surface area contributed by atoms with E-state index in [1.807, 2.05) is 94.4 Å². The fourth-order valence-electron chi connectivity index (χ4n) is 3.79. The molecule has 0 atom stereocenters. The molecule has 0 fully saturated rings. The van der Waals surface area contributed by atoms with Crippen LogP contribution in [0.2, 0.25) is 0 Å². The summed E-state index contributed by atoms with van der Waals surface area (Å²) in [7, 11) is 0. The Morgan fingerprint density at radius 2 is 1.56 bits per heavy atom. The van der Waals surface area contributed by atoms with Crippen molar-refractivity contribution in [3.63, 3.8) is 0 Å². The number of anilines is 2. The zero-order chi connectivity index (χ0) is 22.8. The molecule has 1 N–H and O–H groups in total. The average molecular weight is 427 g/mol. The van der Waals surface area contributed by atoms with Gasteiger partial charge in [0.1, 0.15) is 11.4 Å². The maximum absolute atomic E-state index is 13.6. The van der Waals surface area contributed by atoms with Crippen LogP contribution in [-0.2, 0) is 9.59 Å². The summed E-state index contributed by atoms with van der Waals surface area (Å²) in [4.78, 5) is 28.5. The number of carbonyl (C=O) groups excluding carboxylic acids is 2. The standard InChI is InChI=1S/C27H26N2O3/c1-5-32-22-8-6-7-21(16-22)28-25-24(20-13-10-17(2)11-14-20)26(30)29(27(25)31)23-15-18(3)9-12-19(23)4/h6-16,28H,5H2,1-4H3. The van der Waals surface area contributed by atoms with Gasteiger partial charge in [-0.1, -0.05) is 48.0 Å². The van der Waals surface area contributed by atoms with Crippen LogP contribution in [-0.4, -0.2) is 18.4 Å². The van der Waals surface area contributed by atoms with E-state index in [0.29, 0.717) is 34.9 Å². The quantitative estimate of drug-likeness (QED) is 0.536. The number of rotatable bonds is 6. The molecule has 0 bridgehead atoms. The first-order valence-corrected chi connectivity index (χ1v) is 10.7. The maximum Gasteiger partial charge on any atom is 0.282 e. The van der Waals surface area contributed by atoms with Gasteiger partial charge in [-0.2, -0.15) is 0 Å². The molecular weight excluding hydrogens is 400 g/mol. The van der Waals surface area contributed by atoms with E-state index in [2.05, 4.69) is 5.32 Å². The average Bonchev–Trinajstić information content (AvgIpc) is 3.01. The van der Waals surface area contributed by atoms with E-state index >= 15 is 0 Å². The number of nitrogens with zero attached hydrogens (tertiary/aromatic N) is 1. The van der Waals surface area contributed by atoms with E-state index in [9.17, 15) is 9.59 Å². The van der Waals surface area contributed by atoms with Gasteiger partial charge in [-0.25, -0.2) is 4.90 Å². The van der Waals surface area contributed by atoms with Crippen LogP contribution in [0, 0.1) is 20.8 Å². The number of hydrogen-bond donors (Lipinski definition) is 1. The van der Waals surface area contributed by atoms with Gasteiger partial charge in [0.15, 0.2) is 0 Å². The molecule has 3 aromatic rings. The molecule has 1 aliphatic rings. The van der Waals surface area contributed by atoms with E-state index in [4.69, 9.17) is 4.74 Å². The number of amides is 2. The van der Waals surface area contributed by atoms with Crippen molar-refractivity contribution in [1.82, 2.24) is 0 Å². The molecule has 0 radical (unpaired) electrons. The highest BCUT2D eigenvalue weighted by Gasteiger charge is 2.40. The summed E-state index contributed by atoms with van der Waals surface area (Å²) in [6, 6.07) is 20.8. The Balaban J connectivity index is 1.82. The molecule has 0 saturated heterocycles. The summed E-state index contributed by atoms with van der Waals surface area (Å²) in [6.45, 7) is 8.29. The molecule has 3 aromatic carbocycles. The minimum atomic E-state index is -0.374. The number of aryl methyl sites for hydroxylation is 3. The van der Waals surface area contributed by atoms with Crippen molar-refractivity contribution in [3.8, 4) is 5.75 Å². The molecule has 0 aromatic heterocycles. The van der Waals surface area contributed by atoms with Gasteiger partial charge in [-0.3, -0.25) is 9.59 Å². The van der Waals surface area contributed by atoms with E-state index in [1.165, 1.54) is 4.90 Å². The molecule has 0 spiro atoms. The lowest BCUT2D eigenvalue weighted by molar-refractivity contribution is -0.120. The fraction of sp³-hybridized carbons (Fsp3) is 0.185. The van der Waals surface area contributed by atoms with Crippen LogP contribution in [0.25, 0.3) is 5.57 Å². The molecule has 2 amide bonds. The highest BCUT2D eigenvalue weighted by atomic mass is 16.5. The third kappa shape index (κ3) is 4.02. The normalized spacial score (nSPS) is 13.7. The second kappa shape index (κ2) is 8.71. The highest BCUT2D eigenvalue weighted by molar-refractivity contribution is 6.46. The van der Waals surface area contributed by atoms with Gasteiger partial charge in [0.05, 0.1) is 17.9 Å². The fourth-order valence-corrected chi connectivity index (χ4v) is 3.79. The summed E-state index contributed by atoms with van der Waals surface area (Å²) in [6.07, 6.45) is 0. The lowest BCUT2D eigenvalue weighted by atomic mass is 10.0. The van der Waals surface area contributed by atoms with Gasteiger partial charge < -0.3 is 10.1 Å². The van der Waals surface area contributed by atoms with Crippen LogP contribution in [0.1, 0.15) is 29.2 Å². The van der Waals surface area contributed by atoms with Gasteiger partial charge in [-0.15, -0.1) is 0 Å². The highest BCUT2D eigenvalue weighted by Crippen LogP contribution is 2.36. The Morgan fingerprint density at radius 1 is 0.844 bits per heavy atom. The first-order chi connectivity index (χ1) is 15.4. The second-order valence-corrected chi connectivity index (χ2v) is 7.94. The molecule has 5 nitrogen and oxygen atoms in total. The lowest BCUT2D eigenvalue weighted by Gasteiger charge is -2.18. The van der Waals surface area contributed by atoms with Gasteiger partial charge in [0, 0.05) is 11.8 Å². The monoisotopic (exact) mass is 426 g/mol. The van der Waals surface area contributed by atoms with Gasteiger partial charge in [0.25, 0.3) is 11.8 Å². The zero-order valence-corrected chi connectivity index (χ0v) is 18.7. The molecule has 4 rings (SSSR count). The Kier molecular flexibility index (Phi) is 5.82. The summed E-state index contributed by atoms with van der Waals surface area (Å²) < 4.78 is 5.58. The van der Waals surface area contributed by atoms with Crippen LogP contribution in [0.5, 0.6) is 5.75 Å². The molecule has 1 heterocycles. The maximum atomic E-state index is 13.6. The summed E-state index contributed by atoms with van der Waals surface area (Å²) in [5.74, 6) is -0.0183. The number of carbonyl (C=O) groups is 2. The number of hydrogen-bond acceptors (Lipinski definition) is 4. The minimum Gasteiger partial charge on any atom is -0.494 e. The Bertz CT molecular complexity index is 1230. The van der Waals surface area contributed by atoms with E-state index in [-0.39, 0.29) is 17.5 Å². The minimum absolute atomic E-state index is 0.258. The molecular formula is C27H26N2O3. The number of nitrogens with one attached hydrogen (secondary N) is 1. The van der Waals surface area contributed by atoms with Gasteiger partial charge >= 0.3 is 0 Å². The second-order valence-electron chi connectivity index (χ2n) is 7.94. The van der Waals surface area contributed by atoms with E-state index in [1.54, 1.807) is 0 Å². The van der Waals surface area contributed by atoms with Crippen molar-refractivity contribution >= 4 is 28.8 Å².